The van der Waals surface area contributed by atoms with Crippen molar-refractivity contribution in [2.24, 2.45) is 5.73 Å². The minimum Gasteiger partial charge on any atom is -0.508 e. The first kappa shape index (κ1) is 34.3. The molecule has 0 unspecified atom stereocenters. The van der Waals surface area contributed by atoms with Gasteiger partial charge in [-0.15, -0.1) is 0 Å². The van der Waals surface area contributed by atoms with Crippen molar-refractivity contribution in [3.05, 3.63) is 74.9 Å². The smallest absolute Gasteiger partial charge is 0.351 e. The van der Waals surface area contributed by atoms with Gasteiger partial charge in [-0.1, -0.05) is 26.0 Å². The zero-order valence-electron chi connectivity index (χ0n) is 25.7. The summed E-state index contributed by atoms with van der Waals surface area (Å²) in [6, 6.07) is 13.5. The third-order valence-electron chi connectivity index (χ3n) is 6.31. The second-order valence-corrected chi connectivity index (χ2v) is 10.3. The van der Waals surface area contributed by atoms with E-state index in [9.17, 15) is 24.0 Å². The fourth-order valence-electron chi connectivity index (χ4n) is 4.43. The van der Waals surface area contributed by atoms with Gasteiger partial charge in [-0.05, 0) is 61.9 Å². The lowest BCUT2D eigenvalue weighted by molar-refractivity contribution is -0.159. The van der Waals surface area contributed by atoms with Crippen molar-refractivity contribution in [1.82, 2.24) is 24.0 Å². The monoisotopic (exact) mass is 622 g/mol. The van der Waals surface area contributed by atoms with E-state index >= 15 is 0 Å². The number of amides is 1. The summed E-state index contributed by atoms with van der Waals surface area (Å²) >= 11 is 0. The van der Waals surface area contributed by atoms with Crippen LogP contribution in [0.2, 0.25) is 0 Å². The SMILES string of the molecule is CCCn1c(=O)c2[nH]c(-c3ccc(OCC(=O)OC(C)=O)cc3)nc2n(CCC)c1=O.CN(CC(N)=O)Cc1ccc(O)cc1. The molecule has 0 saturated heterocycles. The van der Waals surface area contributed by atoms with Crippen LogP contribution in [0.4, 0.5) is 0 Å². The number of aromatic amines is 1. The van der Waals surface area contributed by atoms with Crippen molar-refractivity contribution >= 4 is 29.0 Å². The predicted octanol–water partition coefficient (Wildman–Crippen LogP) is 2.15. The largest absolute Gasteiger partial charge is 0.508 e. The van der Waals surface area contributed by atoms with E-state index in [-0.39, 0.29) is 29.4 Å². The molecule has 14 heteroatoms. The summed E-state index contributed by atoms with van der Waals surface area (Å²) in [6.07, 6.45) is 1.38. The fraction of sp³-hybridized carbons (Fsp3) is 0.355. The van der Waals surface area contributed by atoms with Gasteiger partial charge in [0.2, 0.25) is 5.91 Å². The summed E-state index contributed by atoms with van der Waals surface area (Å²) in [4.78, 5) is 67.7. The molecule has 0 aliphatic carbocycles. The van der Waals surface area contributed by atoms with Crippen LogP contribution in [0.1, 0.15) is 39.2 Å². The Hall–Kier alpha value is -5.24. The van der Waals surface area contributed by atoms with Crippen LogP contribution >= 0.6 is 0 Å². The summed E-state index contributed by atoms with van der Waals surface area (Å²) in [6.45, 7) is 6.26. The first-order valence-electron chi connectivity index (χ1n) is 14.4. The highest BCUT2D eigenvalue weighted by Gasteiger charge is 2.17. The average Bonchev–Trinajstić information content (AvgIpc) is 3.43. The van der Waals surface area contributed by atoms with Crippen molar-refractivity contribution in [2.75, 3.05) is 20.2 Å². The number of carbonyl (C=O) groups is 3. The molecule has 4 N–H and O–H groups in total. The van der Waals surface area contributed by atoms with Gasteiger partial charge in [-0.25, -0.2) is 14.6 Å². The Morgan fingerprint density at radius 1 is 0.978 bits per heavy atom. The summed E-state index contributed by atoms with van der Waals surface area (Å²) < 4.78 is 12.4. The number of fused-ring (bicyclic) bond motifs is 1. The van der Waals surface area contributed by atoms with Crippen molar-refractivity contribution in [3.8, 4) is 22.9 Å². The zero-order chi connectivity index (χ0) is 33.1. The predicted molar refractivity (Wildman–Crippen MR) is 167 cm³/mol. The minimum absolute atomic E-state index is 0.237. The third-order valence-corrected chi connectivity index (χ3v) is 6.31. The molecule has 0 spiro atoms. The van der Waals surface area contributed by atoms with Crippen molar-refractivity contribution in [1.29, 1.82) is 0 Å². The van der Waals surface area contributed by atoms with Gasteiger partial charge in [0.25, 0.3) is 5.56 Å². The number of aromatic hydroxyl groups is 1. The number of H-pyrrole nitrogens is 1. The Kier molecular flexibility index (Phi) is 12.2. The standard InChI is InChI=1S/C21H24N4O6.C10H14N2O2/c1-4-10-24-19-17(20(28)25(11-5-2)21(24)29)22-18(23-19)14-6-8-15(9-7-14)30-12-16(27)31-13(3)26;1-12(7-10(11)14)6-8-2-4-9(13)5-3-8/h6-9H,4-5,10-12H2,1-3H3,(H,22,23);2-5,13H,6-7H2,1H3,(H2,11,14). The number of hydrogen-bond donors (Lipinski definition) is 3. The number of nitrogens with one attached hydrogen (secondary N) is 1. The number of ether oxygens (including phenoxy) is 2. The van der Waals surface area contributed by atoms with Gasteiger partial charge in [-0.2, -0.15) is 0 Å². The molecular weight excluding hydrogens is 584 g/mol. The summed E-state index contributed by atoms with van der Waals surface area (Å²) in [5.74, 6) is -0.751. The first-order chi connectivity index (χ1) is 21.4. The number of esters is 2. The second-order valence-electron chi connectivity index (χ2n) is 10.3. The molecule has 240 valence electrons. The van der Waals surface area contributed by atoms with Crippen LogP contribution in [0.3, 0.4) is 0 Å². The second kappa shape index (κ2) is 16.0. The molecule has 2 aromatic carbocycles. The molecular formula is C31H38N6O8. The molecule has 0 bridgehead atoms. The van der Waals surface area contributed by atoms with Gasteiger partial charge in [0, 0.05) is 32.1 Å². The highest BCUT2D eigenvalue weighted by atomic mass is 16.6. The number of aromatic nitrogens is 4. The lowest BCUT2D eigenvalue weighted by atomic mass is 10.2. The summed E-state index contributed by atoms with van der Waals surface area (Å²) in [7, 11) is 1.82. The van der Waals surface area contributed by atoms with Crippen LogP contribution in [0.25, 0.3) is 22.6 Å². The number of phenolic OH excluding ortho intramolecular Hbond substituents is 1. The first-order valence-corrected chi connectivity index (χ1v) is 14.4. The topological polar surface area (TPSA) is 192 Å². The van der Waals surface area contributed by atoms with Gasteiger partial charge >= 0.3 is 17.6 Å². The number of nitrogens with two attached hydrogens (primary N) is 1. The maximum atomic E-state index is 12.8. The van der Waals surface area contributed by atoms with Crippen molar-refractivity contribution in [2.45, 2.75) is 53.2 Å². The molecule has 45 heavy (non-hydrogen) atoms. The van der Waals surface area contributed by atoms with Gasteiger partial charge in [-0.3, -0.25) is 28.4 Å². The number of imidazole rings is 1. The molecule has 2 aromatic heterocycles. The van der Waals surface area contributed by atoms with Crippen molar-refractivity contribution < 1.29 is 29.0 Å². The van der Waals surface area contributed by atoms with Crippen LogP contribution in [-0.4, -0.2) is 67.2 Å². The summed E-state index contributed by atoms with van der Waals surface area (Å²) in [5, 5.41) is 9.05. The van der Waals surface area contributed by atoms with Gasteiger partial charge in [0.1, 0.15) is 22.8 Å². The minimum atomic E-state index is -0.786. The molecule has 0 aliphatic rings. The number of benzene rings is 2. The Morgan fingerprint density at radius 2 is 1.60 bits per heavy atom. The highest BCUT2D eigenvalue weighted by molar-refractivity contribution is 5.85. The number of aryl methyl sites for hydroxylation is 1. The van der Waals surface area contributed by atoms with E-state index in [0.717, 1.165) is 18.9 Å². The van der Waals surface area contributed by atoms with Crippen molar-refractivity contribution in [3.63, 3.8) is 0 Å². The Labute approximate surface area is 259 Å². The lowest BCUT2D eigenvalue weighted by Gasteiger charge is -2.14. The number of nitrogens with zero attached hydrogens (tertiary/aromatic N) is 4. The van der Waals surface area contributed by atoms with E-state index < -0.39 is 24.1 Å². The molecule has 0 saturated carbocycles. The van der Waals surface area contributed by atoms with E-state index in [1.54, 1.807) is 36.4 Å². The quantitative estimate of drug-likeness (QED) is 0.156. The van der Waals surface area contributed by atoms with Crippen LogP contribution in [-0.2, 0) is 38.8 Å². The van der Waals surface area contributed by atoms with Crippen LogP contribution < -0.4 is 21.7 Å². The third kappa shape index (κ3) is 9.63. The number of carbonyl (C=O) groups excluding carboxylic acids is 3. The normalized spacial score (nSPS) is 10.8. The number of likely N-dealkylation sites (N-methyl/N-ethyl adjacent to an activating group) is 1. The van der Waals surface area contributed by atoms with E-state index in [1.807, 2.05) is 37.9 Å². The molecule has 0 fully saturated rings. The van der Waals surface area contributed by atoms with E-state index in [0.29, 0.717) is 48.8 Å². The molecule has 4 aromatic rings. The average molecular weight is 623 g/mol. The molecule has 4 rings (SSSR count). The highest BCUT2D eigenvalue weighted by Crippen LogP contribution is 2.22. The van der Waals surface area contributed by atoms with E-state index in [4.69, 9.17) is 15.6 Å². The summed E-state index contributed by atoms with van der Waals surface area (Å²) in [5.41, 5.74) is 6.61. The molecule has 0 radical (unpaired) electrons. The number of phenols is 1. The number of hydrogen-bond acceptors (Lipinski definition) is 10. The Balaban J connectivity index is 0.000000330. The van der Waals surface area contributed by atoms with Crippen LogP contribution in [0, 0.1) is 0 Å². The molecule has 0 atom stereocenters. The molecule has 1 amide bonds. The molecule has 0 aliphatic heterocycles. The maximum Gasteiger partial charge on any atom is 0.351 e. The van der Waals surface area contributed by atoms with Crippen LogP contribution in [0.15, 0.2) is 58.1 Å². The maximum absolute atomic E-state index is 12.8. The molecule has 2 heterocycles. The Morgan fingerprint density at radius 3 is 2.18 bits per heavy atom. The van der Waals surface area contributed by atoms with Gasteiger partial charge in [0.05, 0.1) is 6.54 Å². The van der Waals surface area contributed by atoms with E-state index in [1.165, 1.54) is 9.13 Å². The van der Waals surface area contributed by atoms with E-state index in [2.05, 4.69) is 14.7 Å². The number of primary amides is 1. The van der Waals surface area contributed by atoms with Crippen LogP contribution in [0.5, 0.6) is 11.5 Å². The fourth-order valence-corrected chi connectivity index (χ4v) is 4.43. The van der Waals surface area contributed by atoms with Gasteiger partial charge < -0.3 is 25.3 Å². The van der Waals surface area contributed by atoms with Gasteiger partial charge in [0.15, 0.2) is 12.3 Å². The lowest BCUT2D eigenvalue weighted by Crippen LogP contribution is -2.40. The number of rotatable bonds is 12. The zero-order valence-corrected chi connectivity index (χ0v) is 25.7. The molecule has 14 nitrogen and oxygen atoms in total. The Bertz CT molecular complexity index is 1740.